The van der Waals surface area contributed by atoms with Gasteiger partial charge in [-0.15, -0.1) is 0 Å². The number of nitrogens with zero attached hydrogens (tertiary/aromatic N) is 6. The Labute approximate surface area is 623 Å². The zero-order valence-corrected chi connectivity index (χ0v) is 66.4. The van der Waals surface area contributed by atoms with Gasteiger partial charge in [-0.3, -0.25) is 0 Å². The number of rotatable bonds is 52. The second kappa shape index (κ2) is 43.3. The molecule has 0 fully saturated rings. The maximum Gasteiger partial charge on any atom is 0.165 e. The highest BCUT2D eigenvalue weighted by Crippen LogP contribution is 2.51. The number of aryl methyl sites for hydroxylation is 2. The van der Waals surface area contributed by atoms with Gasteiger partial charge in [0.2, 0.25) is 0 Å². The van der Waals surface area contributed by atoms with E-state index in [4.69, 9.17) is 67.8 Å². The number of methoxy groups -OCH3 is 8. The number of hydrogen-bond donors (Lipinski definition) is 2. The van der Waals surface area contributed by atoms with E-state index >= 15 is 0 Å². The number of nitrogens with one attached hydrogen (secondary N) is 2. The molecule has 9 rings (SSSR count). The van der Waals surface area contributed by atoms with Crippen molar-refractivity contribution in [3.63, 3.8) is 0 Å². The van der Waals surface area contributed by atoms with Crippen LogP contribution in [0.15, 0.2) is 24.3 Å². The second-order valence-electron chi connectivity index (χ2n) is 29.4. The monoisotopic (exact) mass is 1430 g/mol. The lowest BCUT2D eigenvalue weighted by Gasteiger charge is -2.17. The molecule has 4 aromatic carbocycles. The summed E-state index contributed by atoms with van der Waals surface area (Å²) in [5, 5.41) is 3.39. The molecule has 0 unspecified atom stereocenters. The summed E-state index contributed by atoms with van der Waals surface area (Å²) < 4.78 is 51.1. The van der Waals surface area contributed by atoms with Crippen LogP contribution in [0.5, 0.6) is 46.0 Å². The molecule has 0 spiro atoms. The summed E-state index contributed by atoms with van der Waals surface area (Å²) in [6.07, 6.45) is 51.5. The number of benzene rings is 4. The molecule has 7 aromatic rings. The molecule has 0 aliphatic carbocycles. The molecule has 8 bridgehead atoms. The fourth-order valence-electron chi connectivity index (χ4n) is 16.2. The van der Waals surface area contributed by atoms with Crippen LogP contribution in [-0.4, -0.2) is 96.8 Å². The van der Waals surface area contributed by atoms with Crippen LogP contribution in [-0.2, 0) is 25.7 Å². The maximum absolute atomic E-state index is 6.47. The molecule has 2 aliphatic heterocycles. The molecule has 0 radical (unpaired) electrons. The van der Waals surface area contributed by atoms with Gasteiger partial charge in [-0.25, -0.2) is 29.9 Å². The van der Waals surface area contributed by atoms with E-state index < -0.39 is 0 Å². The zero-order valence-electron chi connectivity index (χ0n) is 66.4. The third-order valence-electron chi connectivity index (χ3n) is 21.9. The van der Waals surface area contributed by atoms with Crippen LogP contribution < -0.4 is 37.9 Å². The number of unbranched alkanes of at least 4 members (excludes halogenated alkanes) is 36. The molecule has 16 heteroatoms. The standard InChI is InChI=1S/C88H130N8O8/c1-13-17-21-25-29-33-37-41-45-49-53-61-73-65(57-69(97-5)77(61)101-9)81-89-82-66-58-70(98-6)78(102-10)62(54-50-46-42-38-34-30-26-22-18-14-2)74(66)86(91-82)93-84-68-60-72(100-8)80(104-12)64(56-52-48-44-40-36-32-28-24-20-16-4)76(68)88(95-84)96-87-75-63(55-51-47-43-39-35-31-27-23-19-15-3)79(103-11)71(99-7)59-67(75)83(94-87)92-85(73)90-81/h57-60H,13-56H2,1-12H3,(H2,89,90,91,92,93,94,95,96). The Balaban J connectivity index is 1.32. The van der Waals surface area contributed by atoms with Crippen molar-refractivity contribution >= 4 is 44.1 Å². The molecule has 5 heterocycles. The zero-order chi connectivity index (χ0) is 73.4. The van der Waals surface area contributed by atoms with E-state index in [0.717, 1.165) is 150 Å². The van der Waals surface area contributed by atoms with Crippen molar-refractivity contribution in [3.05, 3.63) is 46.5 Å². The van der Waals surface area contributed by atoms with Gasteiger partial charge in [-0.2, -0.15) is 0 Å². The maximum atomic E-state index is 6.47. The van der Waals surface area contributed by atoms with E-state index in [1.54, 1.807) is 56.9 Å². The second-order valence-corrected chi connectivity index (χ2v) is 29.4. The Hall–Kier alpha value is -7.36. The fourth-order valence-corrected chi connectivity index (χ4v) is 16.2. The number of ether oxygens (including phenoxy) is 8. The Morgan fingerprint density at radius 2 is 0.471 bits per heavy atom. The summed E-state index contributed by atoms with van der Waals surface area (Å²) in [4.78, 5) is 42.0. The third-order valence-corrected chi connectivity index (χ3v) is 21.9. The number of H-pyrrole nitrogens is 2. The van der Waals surface area contributed by atoms with Crippen molar-refractivity contribution in [1.29, 1.82) is 0 Å². The highest BCUT2D eigenvalue weighted by atomic mass is 16.5. The highest BCUT2D eigenvalue weighted by Gasteiger charge is 2.33. The van der Waals surface area contributed by atoms with Crippen molar-refractivity contribution in [2.45, 2.75) is 310 Å². The van der Waals surface area contributed by atoms with Gasteiger partial charge in [0.05, 0.1) is 56.9 Å². The summed E-state index contributed by atoms with van der Waals surface area (Å²) >= 11 is 0. The van der Waals surface area contributed by atoms with Gasteiger partial charge in [0.25, 0.3) is 0 Å². The van der Waals surface area contributed by atoms with Gasteiger partial charge >= 0.3 is 0 Å². The van der Waals surface area contributed by atoms with Crippen molar-refractivity contribution in [2.75, 3.05) is 56.9 Å². The number of aromatic amines is 2. The van der Waals surface area contributed by atoms with Crippen LogP contribution in [0.1, 0.15) is 307 Å². The number of aromatic nitrogens is 8. The smallest absolute Gasteiger partial charge is 0.165 e. The molecule has 570 valence electrons. The Morgan fingerprint density at radius 1 is 0.240 bits per heavy atom. The minimum absolute atomic E-state index is 0.464. The van der Waals surface area contributed by atoms with Crippen molar-refractivity contribution in [2.24, 2.45) is 0 Å². The van der Waals surface area contributed by atoms with Crippen molar-refractivity contribution in [1.82, 2.24) is 39.9 Å². The lowest BCUT2D eigenvalue weighted by Crippen LogP contribution is -2.01. The van der Waals surface area contributed by atoms with Crippen molar-refractivity contribution < 1.29 is 37.9 Å². The predicted octanol–water partition coefficient (Wildman–Crippen LogP) is 24.8. The summed E-state index contributed by atoms with van der Waals surface area (Å²) in [6.45, 7) is 9.13. The first-order chi connectivity index (χ1) is 51.2. The topological polar surface area (TPSA) is 183 Å². The summed E-state index contributed by atoms with van der Waals surface area (Å²) in [5.41, 5.74) is 9.51. The van der Waals surface area contributed by atoms with Gasteiger partial charge in [0.1, 0.15) is 22.6 Å². The Morgan fingerprint density at radius 3 is 0.750 bits per heavy atom. The van der Waals surface area contributed by atoms with E-state index in [9.17, 15) is 0 Å². The highest BCUT2D eigenvalue weighted by molar-refractivity contribution is 6.10. The minimum atomic E-state index is 0.464. The van der Waals surface area contributed by atoms with Crippen LogP contribution in [0.2, 0.25) is 0 Å². The van der Waals surface area contributed by atoms with Gasteiger partial charge in [0, 0.05) is 66.1 Å². The molecule has 3 aromatic heterocycles. The molecule has 0 atom stereocenters. The van der Waals surface area contributed by atoms with Crippen LogP contribution in [0.3, 0.4) is 0 Å². The van der Waals surface area contributed by atoms with E-state index in [0.29, 0.717) is 111 Å². The molecular weight excluding hydrogens is 1300 g/mol. The van der Waals surface area contributed by atoms with Gasteiger partial charge in [-0.1, -0.05) is 259 Å². The van der Waals surface area contributed by atoms with Crippen LogP contribution in [0, 0.1) is 0 Å². The number of hydrogen-bond acceptors (Lipinski definition) is 14. The molecule has 2 N–H and O–H groups in total. The third kappa shape index (κ3) is 20.6. The SMILES string of the molecule is CCCCCCCCCCCCc1c(OC)c(OC)cc2c1-c1nc-2nc2[nH]c(nc3nc(nc4[nH]c(n1)c1cc(OC)c(OC)c(CCCCCCCCCCCC)c41)-c1c-3cc(OC)c(OC)c1CCCCCCCCCCCC)c1c(CCCCCCCCCCCC)c(OC)c(OC)cc21. The molecule has 104 heavy (non-hydrogen) atoms. The normalized spacial score (nSPS) is 11.8. The van der Waals surface area contributed by atoms with Crippen LogP contribution in [0.25, 0.3) is 89.7 Å². The van der Waals surface area contributed by atoms with Crippen LogP contribution >= 0.6 is 0 Å². The molecule has 0 saturated heterocycles. The Kier molecular flexibility index (Phi) is 33.6. The molecule has 2 aliphatic rings. The first-order valence-corrected chi connectivity index (χ1v) is 41.1. The van der Waals surface area contributed by atoms with E-state index in [1.165, 1.54) is 180 Å². The Bertz CT molecular complexity index is 3990. The van der Waals surface area contributed by atoms with Crippen LogP contribution in [0.4, 0.5) is 0 Å². The first-order valence-electron chi connectivity index (χ1n) is 41.1. The van der Waals surface area contributed by atoms with Gasteiger partial charge in [0.15, 0.2) is 69.3 Å². The largest absolute Gasteiger partial charge is 0.493 e. The summed E-state index contributed by atoms with van der Waals surface area (Å²) in [7, 11) is 13.8. The first kappa shape index (κ1) is 80.7. The van der Waals surface area contributed by atoms with Gasteiger partial charge < -0.3 is 47.9 Å². The molecule has 16 nitrogen and oxygen atoms in total. The van der Waals surface area contributed by atoms with E-state index in [1.807, 2.05) is 24.3 Å². The molecule has 0 amide bonds. The fraction of sp³-hybridized carbons (Fsp3) is 0.636. The lowest BCUT2D eigenvalue weighted by molar-refractivity contribution is 0.351. The average molecular weight is 1430 g/mol. The number of fused-ring (bicyclic) bond motifs is 20. The van der Waals surface area contributed by atoms with Crippen molar-refractivity contribution in [3.8, 4) is 91.5 Å². The van der Waals surface area contributed by atoms with E-state index in [-0.39, 0.29) is 0 Å². The average Bonchev–Trinajstić information content (AvgIpc) is 1.57. The minimum Gasteiger partial charge on any atom is -0.493 e. The molecule has 0 saturated carbocycles. The summed E-state index contributed by atoms with van der Waals surface area (Å²) in [5.74, 6) is 7.05. The van der Waals surface area contributed by atoms with E-state index in [2.05, 4.69) is 37.7 Å². The quantitative estimate of drug-likeness (QED) is 0.0343. The summed E-state index contributed by atoms with van der Waals surface area (Å²) in [6, 6.07) is 8.14. The van der Waals surface area contributed by atoms with Gasteiger partial charge in [-0.05, 0) is 75.6 Å². The molecular formula is C88H130N8O8. The predicted molar refractivity (Wildman–Crippen MR) is 431 cm³/mol. The lowest BCUT2D eigenvalue weighted by atomic mass is 9.94.